The minimum Gasteiger partial charge on any atom is -0.508 e. The highest BCUT2D eigenvalue weighted by Gasteiger charge is 2.36. The Balaban J connectivity index is 2.02. The van der Waals surface area contributed by atoms with E-state index in [0.717, 1.165) is 0 Å². The molecule has 2 atom stereocenters. The summed E-state index contributed by atoms with van der Waals surface area (Å²) in [6.07, 6.45) is 1.08. The molecule has 0 saturated carbocycles. The average Bonchev–Trinajstić information content (AvgIpc) is 2.92. The Morgan fingerprint density at radius 1 is 1.32 bits per heavy atom. The summed E-state index contributed by atoms with van der Waals surface area (Å²) >= 11 is 0. The van der Waals surface area contributed by atoms with Crippen molar-refractivity contribution in [3.05, 3.63) is 29.8 Å². The molecule has 1 saturated heterocycles. The third-order valence-corrected chi connectivity index (χ3v) is 6.14. The third kappa shape index (κ3) is 4.94. The molecule has 0 spiro atoms. The highest BCUT2D eigenvalue weighted by atomic mass is 32.2. The van der Waals surface area contributed by atoms with Crippen LogP contribution in [-0.4, -0.2) is 60.5 Å². The predicted molar refractivity (Wildman–Crippen MR) is 92.0 cm³/mol. The number of esters is 1. The van der Waals surface area contributed by atoms with E-state index in [4.69, 9.17) is 4.74 Å². The largest absolute Gasteiger partial charge is 0.508 e. The van der Waals surface area contributed by atoms with Crippen molar-refractivity contribution >= 4 is 21.7 Å². The van der Waals surface area contributed by atoms with E-state index in [2.05, 4.69) is 0 Å². The van der Waals surface area contributed by atoms with Crippen LogP contribution in [0.15, 0.2) is 24.3 Å². The molecule has 0 aromatic heterocycles. The van der Waals surface area contributed by atoms with Crippen LogP contribution in [0.3, 0.4) is 0 Å². The fourth-order valence-corrected chi connectivity index (χ4v) is 4.59. The Morgan fingerprint density at radius 3 is 2.48 bits per heavy atom. The van der Waals surface area contributed by atoms with Crippen LogP contribution in [0, 0.1) is 0 Å². The minimum atomic E-state index is -3.12. The summed E-state index contributed by atoms with van der Waals surface area (Å²) in [4.78, 5) is 26.1. The fraction of sp³-hybridized carbons (Fsp3) is 0.529. The molecule has 1 aliphatic heterocycles. The lowest BCUT2D eigenvalue weighted by Crippen LogP contribution is -2.48. The van der Waals surface area contributed by atoms with Gasteiger partial charge in [0.1, 0.15) is 5.75 Å². The van der Waals surface area contributed by atoms with E-state index < -0.39 is 28.3 Å². The molecule has 7 nitrogen and oxygen atoms in total. The number of rotatable bonds is 6. The van der Waals surface area contributed by atoms with Crippen molar-refractivity contribution in [1.82, 2.24) is 4.90 Å². The molecule has 1 aliphatic rings. The summed E-state index contributed by atoms with van der Waals surface area (Å²) in [6.45, 7) is 3.32. The number of hydrogen-bond acceptors (Lipinski definition) is 6. The molecule has 0 unspecified atom stereocenters. The molecular weight excluding hydrogens is 346 g/mol. The van der Waals surface area contributed by atoms with Gasteiger partial charge in [-0.3, -0.25) is 4.79 Å². The Hall–Kier alpha value is -2.09. The van der Waals surface area contributed by atoms with Crippen LogP contribution < -0.4 is 0 Å². The molecule has 0 radical (unpaired) electrons. The van der Waals surface area contributed by atoms with Gasteiger partial charge < -0.3 is 14.7 Å². The number of ether oxygens (including phenoxy) is 1. The number of phenolic OH excluding ortho intramolecular Hbond substituents is 1. The Kier molecular flexibility index (Phi) is 6.05. The van der Waals surface area contributed by atoms with Gasteiger partial charge in [0.15, 0.2) is 16.4 Å². The molecule has 0 bridgehead atoms. The molecule has 138 valence electrons. The fourth-order valence-electron chi connectivity index (χ4n) is 2.88. The first kappa shape index (κ1) is 19.2. The van der Waals surface area contributed by atoms with Crippen LogP contribution in [-0.2, 0) is 19.4 Å². The van der Waals surface area contributed by atoms with Crippen molar-refractivity contribution < 1.29 is 27.9 Å². The molecule has 1 fully saturated rings. The van der Waals surface area contributed by atoms with Crippen LogP contribution in [0.2, 0.25) is 0 Å². The van der Waals surface area contributed by atoms with Crippen LogP contribution in [0.25, 0.3) is 0 Å². The monoisotopic (exact) mass is 369 g/mol. The van der Waals surface area contributed by atoms with E-state index in [1.54, 1.807) is 0 Å². The number of carbonyl (C=O) groups is 2. The first-order chi connectivity index (χ1) is 11.7. The van der Waals surface area contributed by atoms with Gasteiger partial charge in [-0.1, -0.05) is 6.92 Å². The van der Waals surface area contributed by atoms with Crippen molar-refractivity contribution in [3.63, 3.8) is 0 Å². The van der Waals surface area contributed by atoms with E-state index >= 15 is 0 Å². The van der Waals surface area contributed by atoms with Crippen molar-refractivity contribution in [3.8, 4) is 5.75 Å². The number of sulfone groups is 1. The van der Waals surface area contributed by atoms with E-state index in [1.807, 2.05) is 13.8 Å². The van der Waals surface area contributed by atoms with Crippen LogP contribution in [0.5, 0.6) is 5.75 Å². The zero-order valence-corrected chi connectivity index (χ0v) is 15.2. The lowest BCUT2D eigenvalue weighted by molar-refractivity contribution is -0.138. The summed E-state index contributed by atoms with van der Waals surface area (Å²) in [7, 11) is -3.12. The number of carbonyl (C=O) groups excluding carboxylic acids is 2. The van der Waals surface area contributed by atoms with Gasteiger partial charge in [-0.15, -0.1) is 0 Å². The normalized spacial score (nSPS) is 20.0. The van der Waals surface area contributed by atoms with Crippen LogP contribution in [0.4, 0.5) is 0 Å². The van der Waals surface area contributed by atoms with Gasteiger partial charge in [0.2, 0.25) is 0 Å². The number of phenols is 1. The Bertz CT molecular complexity index is 728. The maximum absolute atomic E-state index is 12.5. The molecule has 2 rings (SSSR count). The van der Waals surface area contributed by atoms with Crippen molar-refractivity contribution in [2.24, 2.45) is 0 Å². The topological polar surface area (TPSA) is 101 Å². The number of hydrogen-bond donors (Lipinski definition) is 1. The Labute approximate surface area is 147 Å². The van der Waals surface area contributed by atoms with Gasteiger partial charge in [-0.2, -0.15) is 0 Å². The second kappa shape index (κ2) is 7.86. The average molecular weight is 369 g/mol. The van der Waals surface area contributed by atoms with Gasteiger partial charge in [-0.05, 0) is 44.0 Å². The quantitative estimate of drug-likeness (QED) is 0.760. The summed E-state index contributed by atoms with van der Waals surface area (Å²) in [5.41, 5.74) is 0.226. The zero-order chi connectivity index (χ0) is 18.6. The number of benzene rings is 1. The van der Waals surface area contributed by atoms with Gasteiger partial charge in [0, 0.05) is 12.1 Å². The standard InChI is InChI=1S/C17H23NO6S/c1-3-12(2)18(14-8-9-25(22,23)11-14)16(20)10-24-17(21)13-4-6-15(19)7-5-13/h4-7,12,14,19H,3,8-11H2,1-2H3/t12-,14-/m0/s1. The van der Waals surface area contributed by atoms with Gasteiger partial charge >= 0.3 is 5.97 Å². The summed E-state index contributed by atoms with van der Waals surface area (Å²) in [5, 5.41) is 9.22. The van der Waals surface area contributed by atoms with Crippen molar-refractivity contribution in [2.75, 3.05) is 18.1 Å². The zero-order valence-electron chi connectivity index (χ0n) is 14.3. The van der Waals surface area contributed by atoms with Gasteiger partial charge in [0.25, 0.3) is 5.91 Å². The maximum atomic E-state index is 12.5. The summed E-state index contributed by atoms with van der Waals surface area (Å²) < 4.78 is 28.5. The van der Waals surface area contributed by atoms with Crippen LogP contribution in [0.1, 0.15) is 37.0 Å². The Morgan fingerprint density at radius 2 is 1.96 bits per heavy atom. The summed E-state index contributed by atoms with van der Waals surface area (Å²) in [5.74, 6) is -1.02. The van der Waals surface area contributed by atoms with E-state index in [0.29, 0.717) is 12.8 Å². The minimum absolute atomic E-state index is 0.0259. The van der Waals surface area contributed by atoms with Gasteiger partial charge in [0.05, 0.1) is 17.1 Å². The van der Waals surface area contributed by atoms with Crippen molar-refractivity contribution in [1.29, 1.82) is 0 Å². The summed E-state index contributed by atoms with van der Waals surface area (Å²) in [6, 6.07) is 4.99. The van der Waals surface area contributed by atoms with Gasteiger partial charge in [-0.25, -0.2) is 13.2 Å². The second-order valence-electron chi connectivity index (χ2n) is 6.24. The van der Waals surface area contributed by atoms with E-state index in [-0.39, 0.29) is 34.9 Å². The molecule has 1 heterocycles. The highest BCUT2D eigenvalue weighted by molar-refractivity contribution is 7.91. The first-order valence-corrected chi connectivity index (χ1v) is 10.0. The lowest BCUT2D eigenvalue weighted by atomic mass is 10.1. The molecule has 1 aromatic carbocycles. The smallest absolute Gasteiger partial charge is 0.338 e. The van der Waals surface area contributed by atoms with Crippen LogP contribution >= 0.6 is 0 Å². The number of amides is 1. The molecular formula is C17H23NO6S. The molecule has 0 aliphatic carbocycles. The predicted octanol–water partition coefficient (Wildman–Crippen LogP) is 1.36. The number of nitrogens with zero attached hydrogens (tertiary/aromatic N) is 1. The van der Waals surface area contributed by atoms with Crippen molar-refractivity contribution in [2.45, 2.75) is 38.8 Å². The maximum Gasteiger partial charge on any atom is 0.338 e. The third-order valence-electron chi connectivity index (χ3n) is 4.39. The first-order valence-electron chi connectivity index (χ1n) is 8.21. The number of aromatic hydroxyl groups is 1. The second-order valence-corrected chi connectivity index (χ2v) is 8.47. The van der Waals surface area contributed by atoms with E-state index in [1.165, 1.54) is 29.2 Å². The molecule has 1 amide bonds. The highest BCUT2D eigenvalue weighted by Crippen LogP contribution is 2.21. The lowest BCUT2D eigenvalue weighted by Gasteiger charge is -2.33. The molecule has 25 heavy (non-hydrogen) atoms. The molecule has 8 heteroatoms. The molecule has 1 aromatic rings. The SMILES string of the molecule is CC[C@H](C)N(C(=O)COC(=O)c1ccc(O)cc1)[C@H]1CCS(=O)(=O)C1. The van der Waals surface area contributed by atoms with E-state index in [9.17, 15) is 23.1 Å². The molecule has 1 N–H and O–H groups in total.